The summed E-state index contributed by atoms with van der Waals surface area (Å²) in [5, 5.41) is 22.1. The second-order valence-electron chi connectivity index (χ2n) is 4.82. The molecule has 24 heavy (non-hydrogen) atoms. The molecule has 8 nitrogen and oxygen atoms in total. The fourth-order valence-electron chi connectivity index (χ4n) is 2.00. The van der Waals surface area contributed by atoms with Gasteiger partial charge >= 0.3 is 0 Å². The number of anilines is 1. The van der Waals surface area contributed by atoms with Crippen LogP contribution in [0.15, 0.2) is 29.2 Å². The molecule has 0 aliphatic heterocycles. The Morgan fingerprint density at radius 1 is 1.21 bits per heavy atom. The number of rotatable bonds is 7. The smallest absolute Gasteiger partial charge is 0.226 e. The minimum absolute atomic E-state index is 0.0918. The zero-order valence-electron chi connectivity index (χ0n) is 12.5. The van der Waals surface area contributed by atoms with Gasteiger partial charge in [-0.05, 0) is 11.4 Å². The number of carbonyl (C=O) groups excluding carboxylic acids is 2. The van der Waals surface area contributed by atoms with Gasteiger partial charge in [-0.2, -0.15) is 5.10 Å². The molecule has 0 saturated heterocycles. The van der Waals surface area contributed by atoms with Gasteiger partial charge in [0.15, 0.2) is 0 Å². The Kier molecular flexibility index (Phi) is 5.29. The lowest BCUT2D eigenvalue weighted by Gasteiger charge is -2.05. The molecule has 10 heteroatoms. The first-order valence-corrected chi connectivity index (χ1v) is 8.87. The quantitative estimate of drug-likeness (QED) is 0.595. The molecule has 3 aromatic heterocycles. The van der Waals surface area contributed by atoms with Crippen molar-refractivity contribution >= 4 is 39.6 Å². The van der Waals surface area contributed by atoms with E-state index in [1.165, 1.54) is 16.8 Å². The third-order valence-corrected chi connectivity index (χ3v) is 4.64. The van der Waals surface area contributed by atoms with E-state index in [0.717, 1.165) is 16.1 Å². The average molecular weight is 362 g/mol. The van der Waals surface area contributed by atoms with E-state index in [0.29, 0.717) is 11.7 Å². The van der Waals surface area contributed by atoms with Gasteiger partial charge in [-0.1, -0.05) is 17.4 Å². The van der Waals surface area contributed by atoms with Crippen molar-refractivity contribution < 1.29 is 9.59 Å². The number of carbonyl (C=O) groups is 2. The van der Waals surface area contributed by atoms with Gasteiger partial charge < -0.3 is 10.6 Å². The average Bonchev–Trinajstić information content (AvgIpc) is 3.31. The van der Waals surface area contributed by atoms with Crippen LogP contribution in [0.25, 0.3) is 10.6 Å². The summed E-state index contributed by atoms with van der Waals surface area (Å²) in [7, 11) is 0. The van der Waals surface area contributed by atoms with Crippen LogP contribution in [0.3, 0.4) is 0 Å². The molecule has 3 N–H and O–H groups in total. The topological polar surface area (TPSA) is 113 Å². The molecule has 0 spiro atoms. The molecule has 0 aliphatic carbocycles. The van der Waals surface area contributed by atoms with E-state index in [1.54, 1.807) is 17.5 Å². The lowest BCUT2D eigenvalue weighted by atomic mass is 10.2. The Morgan fingerprint density at radius 2 is 2.08 bits per heavy atom. The number of nitrogens with one attached hydrogen (secondary N) is 3. The van der Waals surface area contributed by atoms with Crippen molar-refractivity contribution in [2.75, 3.05) is 5.32 Å². The van der Waals surface area contributed by atoms with Gasteiger partial charge in [-0.25, -0.2) is 0 Å². The number of nitrogens with zero attached hydrogens (tertiary/aromatic N) is 3. The first kappa shape index (κ1) is 16.3. The maximum atomic E-state index is 11.9. The number of aromatic nitrogens is 4. The highest BCUT2D eigenvalue weighted by atomic mass is 32.1. The fourth-order valence-corrected chi connectivity index (χ4v) is 3.21. The van der Waals surface area contributed by atoms with Crippen LogP contribution >= 0.6 is 22.7 Å². The summed E-state index contributed by atoms with van der Waals surface area (Å²) < 4.78 is 0. The van der Waals surface area contributed by atoms with E-state index in [9.17, 15) is 9.59 Å². The van der Waals surface area contributed by atoms with Crippen LogP contribution in [0.2, 0.25) is 0 Å². The lowest BCUT2D eigenvalue weighted by Crippen LogP contribution is -2.24. The second-order valence-corrected chi connectivity index (χ2v) is 6.60. The molecule has 0 unspecified atom stereocenters. The number of hydrogen-bond acceptors (Lipinski definition) is 7. The lowest BCUT2D eigenvalue weighted by molar-refractivity contribution is -0.124. The number of amides is 2. The molecule has 0 aliphatic rings. The van der Waals surface area contributed by atoms with Crippen molar-refractivity contribution in [3.05, 3.63) is 34.8 Å². The predicted molar refractivity (Wildman–Crippen MR) is 91.5 cm³/mol. The molecule has 3 aromatic rings. The molecule has 3 heterocycles. The predicted octanol–water partition coefficient (Wildman–Crippen LogP) is 2.02. The van der Waals surface area contributed by atoms with Gasteiger partial charge in [0.05, 0.1) is 16.8 Å². The number of H-pyrrole nitrogens is 1. The van der Waals surface area contributed by atoms with E-state index in [2.05, 4.69) is 31.0 Å². The van der Waals surface area contributed by atoms with Crippen molar-refractivity contribution in [3.63, 3.8) is 0 Å². The van der Waals surface area contributed by atoms with Gasteiger partial charge in [-0.15, -0.1) is 21.5 Å². The summed E-state index contributed by atoms with van der Waals surface area (Å²) in [4.78, 5) is 24.7. The fraction of sp³-hybridized carbons (Fsp3) is 0.214. The SMILES string of the molecule is O=C(CCC(=O)Nc1nncs1)NCc1cn[nH]c1-c1cccs1. The van der Waals surface area contributed by atoms with Crippen LogP contribution in [0.4, 0.5) is 5.13 Å². The Balaban J connectivity index is 1.45. The molecule has 0 atom stereocenters. The Bertz CT molecular complexity index is 797. The maximum Gasteiger partial charge on any atom is 0.226 e. The van der Waals surface area contributed by atoms with Gasteiger partial charge in [0.25, 0.3) is 0 Å². The summed E-state index contributed by atoms with van der Waals surface area (Å²) in [5.74, 6) is -0.453. The zero-order chi connectivity index (χ0) is 16.8. The third-order valence-electron chi connectivity index (χ3n) is 3.15. The monoisotopic (exact) mass is 362 g/mol. The largest absolute Gasteiger partial charge is 0.352 e. The maximum absolute atomic E-state index is 11.9. The first-order chi connectivity index (χ1) is 11.7. The first-order valence-electron chi connectivity index (χ1n) is 7.11. The minimum atomic E-state index is -0.260. The summed E-state index contributed by atoms with van der Waals surface area (Å²) in [5.41, 5.74) is 3.33. The van der Waals surface area contributed by atoms with Crippen molar-refractivity contribution in [2.24, 2.45) is 0 Å². The van der Waals surface area contributed by atoms with E-state index in [-0.39, 0.29) is 24.7 Å². The number of hydrogen-bond donors (Lipinski definition) is 3. The minimum Gasteiger partial charge on any atom is -0.352 e. The molecular weight excluding hydrogens is 348 g/mol. The van der Waals surface area contributed by atoms with Crippen molar-refractivity contribution in [1.29, 1.82) is 0 Å². The number of thiophene rings is 1. The van der Waals surface area contributed by atoms with Gasteiger partial charge in [0.1, 0.15) is 5.51 Å². The molecule has 0 bridgehead atoms. The van der Waals surface area contributed by atoms with Crippen LogP contribution in [0.5, 0.6) is 0 Å². The van der Waals surface area contributed by atoms with Crippen LogP contribution in [-0.2, 0) is 16.1 Å². The van der Waals surface area contributed by atoms with Crippen molar-refractivity contribution in [2.45, 2.75) is 19.4 Å². The van der Waals surface area contributed by atoms with Crippen molar-refractivity contribution in [1.82, 2.24) is 25.7 Å². The van der Waals surface area contributed by atoms with E-state index < -0.39 is 0 Å². The van der Waals surface area contributed by atoms with Gasteiger partial charge in [0, 0.05) is 24.9 Å². The van der Waals surface area contributed by atoms with Crippen LogP contribution < -0.4 is 10.6 Å². The standard InChI is InChI=1S/C14H14N6O2S2/c21-11(3-4-12(22)18-14-20-17-8-24-14)15-6-9-7-16-19-13(9)10-2-1-5-23-10/h1-2,5,7-8H,3-4,6H2,(H,15,21)(H,16,19)(H,18,20,22). The van der Waals surface area contributed by atoms with Crippen molar-refractivity contribution in [3.8, 4) is 10.6 Å². The molecule has 124 valence electrons. The van der Waals surface area contributed by atoms with Crippen LogP contribution in [-0.4, -0.2) is 32.2 Å². The molecule has 0 saturated carbocycles. The van der Waals surface area contributed by atoms with Gasteiger partial charge in [0.2, 0.25) is 16.9 Å². The molecule has 3 rings (SSSR count). The van der Waals surface area contributed by atoms with E-state index in [4.69, 9.17) is 0 Å². The molecule has 0 fully saturated rings. The molecule has 0 aromatic carbocycles. The summed E-state index contributed by atoms with van der Waals surface area (Å²) in [6, 6.07) is 3.95. The van der Waals surface area contributed by atoms with Gasteiger partial charge in [-0.3, -0.25) is 14.7 Å². The summed E-state index contributed by atoms with van der Waals surface area (Å²) in [6.45, 7) is 0.362. The number of aromatic amines is 1. The highest BCUT2D eigenvalue weighted by molar-refractivity contribution is 7.13. The van der Waals surface area contributed by atoms with E-state index >= 15 is 0 Å². The van der Waals surface area contributed by atoms with Crippen LogP contribution in [0.1, 0.15) is 18.4 Å². The van der Waals surface area contributed by atoms with E-state index in [1.807, 2.05) is 17.5 Å². The second kappa shape index (κ2) is 7.79. The molecular formula is C14H14N6O2S2. The Morgan fingerprint density at radius 3 is 2.83 bits per heavy atom. The highest BCUT2D eigenvalue weighted by Crippen LogP contribution is 2.25. The summed E-state index contributed by atoms with van der Waals surface area (Å²) in [6.07, 6.45) is 1.89. The van der Waals surface area contributed by atoms with Crippen LogP contribution in [0, 0.1) is 0 Å². The third kappa shape index (κ3) is 4.24. The Hall–Kier alpha value is -2.59. The zero-order valence-corrected chi connectivity index (χ0v) is 14.1. The highest BCUT2D eigenvalue weighted by Gasteiger charge is 2.11. The Labute approximate surface area is 145 Å². The normalized spacial score (nSPS) is 10.5. The molecule has 2 amide bonds. The summed E-state index contributed by atoms with van der Waals surface area (Å²) >= 11 is 2.83. The molecule has 0 radical (unpaired) electrons.